The minimum atomic E-state index is -4.90. The second-order valence-electron chi connectivity index (χ2n) is 13.9. The Morgan fingerprint density at radius 2 is 1.05 bits per heavy atom. The fourth-order valence-corrected chi connectivity index (χ4v) is 8.64. The third-order valence-electron chi connectivity index (χ3n) is 9.64. The van der Waals surface area contributed by atoms with Gasteiger partial charge in [-0.05, 0) is 97.1 Å². The molecule has 64 heavy (non-hydrogen) atoms. The van der Waals surface area contributed by atoms with Gasteiger partial charge in [-0.25, -0.2) is 0 Å². The molecule has 0 aromatic heterocycles. The molecule has 0 unspecified atom stereocenters. The zero-order valence-corrected chi connectivity index (χ0v) is 36.3. The molecule has 0 aliphatic rings. The van der Waals surface area contributed by atoms with E-state index in [0.29, 0.717) is 27.9 Å². The van der Waals surface area contributed by atoms with Gasteiger partial charge in [-0.15, -0.1) is 15.3 Å². The molecule has 0 saturated heterocycles. The van der Waals surface area contributed by atoms with E-state index in [1.165, 1.54) is 56.7 Å². The molecule has 22 heteroatoms. The lowest BCUT2D eigenvalue weighted by Crippen LogP contribution is -2.03. The Balaban J connectivity index is 1.18. The van der Waals surface area contributed by atoms with Crippen molar-refractivity contribution < 1.29 is 53.5 Å². The highest BCUT2D eigenvalue weighted by Crippen LogP contribution is 2.44. The van der Waals surface area contributed by atoms with Gasteiger partial charge >= 0.3 is 0 Å². The lowest BCUT2D eigenvalue weighted by molar-refractivity contribution is 0.415. The number of fused-ring (bicyclic) bond motifs is 2. The van der Waals surface area contributed by atoms with Gasteiger partial charge in [0.25, 0.3) is 30.4 Å². The molecule has 7 aromatic carbocycles. The highest BCUT2D eigenvalue weighted by molar-refractivity contribution is 7.86. The summed E-state index contributed by atoms with van der Waals surface area (Å²) in [4.78, 5) is -1.93. The second kappa shape index (κ2) is 17.5. The van der Waals surface area contributed by atoms with Gasteiger partial charge < -0.3 is 19.9 Å². The van der Waals surface area contributed by atoms with Crippen molar-refractivity contribution in [2.75, 3.05) is 19.5 Å². The third-order valence-corrected chi connectivity index (χ3v) is 12.3. The maximum Gasteiger partial charge on any atom is 0.296 e. The van der Waals surface area contributed by atoms with E-state index in [1.807, 2.05) is 30.3 Å². The summed E-state index contributed by atoms with van der Waals surface area (Å²) in [7, 11) is -11.9. The summed E-state index contributed by atoms with van der Waals surface area (Å²) in [5.41, 5.74) is 2.67. The van der Waals surface area contributed by atoms with Crippen LogP contribution in [-0.4, -0.2) is 58.2 Å². The van der Waals surface area contributed by atoms with E-state index in [0.717, 1.165) is 17.8 Å². The first kappa shape index (κ1) is 44.8. The number of phenolic OH excluding ortho intramolecular Hbond substituents is 1. The monoisotopic (exact) mass is 925 g/mol. The van der Waals surface area contributed by atoms with Gasteiger partial charge in [-0.1, -0.05) is 30.3 Å². The number of aryl methyl sites for hydroxylation is 2. The molecule has 0 aliphatic carbocycles. The Morgan fingerprint density at radius 1 is 0.484 bits per heavy atom. The smallest absolute Gasteiger partial charge is 0.296 e. The topological polar surface area (TPSA) is 288 Å². The molecule has 0 heterocycles. The molecule has 0 aliphatic heterocycles. The molecule has 7 rings (SSSR count). The van der Waals surface area contributed by atoms with Crippen LogP contribution in [0.5, 0.6) is 17.2 Å². The molecular weight excluding hydrogens is 891 g/mol. The van der Waals surface area contributed by atoms with Crippen LogP contribution >= 0.6 is 0 Å². The minimum Gasteiger partial charge on any atom is -0.505 e. The van der Waals surface area contributed by atoms with Crippen LogP contribution in [-0.2, 0) is 30.4 Å². The van der Waals surface area contributed by atoms with Crippen LogP contribution in [0.2, 0.25) is 0 Å². The average Bonchev–Trinajstić information content (AvgIpc) is 3.24. The van der Waals surface area contributed by atoms with Gasteiger partial charge in [0.2, 0.25) is 0 Å². The number of rotatable bonds is 13. The number of hydrogen-bond acceptors (Lipinski definition) is 16. The standard InChI is InChI=1S/C42H35N7O12S3/c1-23-15-34(36(60-3)21-32(23)45-44-28-19-31-30(39(20-28)63(54,55)56)11-8-12-38(31)62(51,52)53)47-46-33-22-37(61-4)35(16-24(33)2)48-49-41-40(64(57,58)59)18-25-17-27(13-14-29(25)42(41)50)43-26-9-6-5-7-10-26/h5-22,43,50H,1-4H3,(H,51,52,53)(H,54,55,56)(H,57,58,59). The largest absolute Gasteiger partial charge is 0.505 e. The molecule has 0 radical (unpaired) electrons. The van der Waals surface area contributed by atoms with Crippen LogP contribution in [0.1, 0.15) is 11.1 Å². The van der Waals surface area contributed by atoms with Gasteiger partial charge in [0.1, 0.15) is 43.2 Å². The number of para-hydroxylation sites is 1. The van der Waals surface area contributed by atoms with E-state index >= 15 is 0 Å². The number of phenols is 1. The molecule has 0 amide bonds. The number of anilines is 2. The van der Waals surface area contributed by atoms with Gasteiger partial charge in [0, 0.05) is 39.7 Å². The lowest BCUT2D eigenvalue weighted by Gasteiger charge is -2.12. The summed E-state index contributed by atoms with van der Waals surface area (Å²) in [5.74, 6) is -0.202. The third kappa shape index (κ3) is 9.56. The minimum absolute atomic E-state index is 0.120. The molecule has 5 N–H and O–H groups in total. The normalized spacial score (nSPS) is 12.5. The van der Waals surface area contributed by atoms with E-state index < -0.39 is 56.5 Å². The van der Waals surface area contributed by atoms with Crippen molar-refractivity contribution in [1.82, 2.24) is 0 Å². The summed E-state index contributed by atoms with van der Waals surface area (Å²) in [6.07, 6.45) is 0. The number of aromatic hydroxyl groups is 1. The number of benzene rings is 7. The zero-order valence-electron chi connectivity index (χ0n) is 33.9. The first-order valence-electron chi connectivity index (χ1n) is 18.5. The van der Waals surface area contributed by atoms with Crippen molar-refractivity contribution in [3.05, 3.63) is 120 Å². The van der Waals surface area contributed by atoms with Crippen LogP contribution in [0.3, 0.4) is 0 Å². The first-order chi connectivity index (χ1) is 30.2. The Hall–Kier alpha value is -7.21. The summed E-state index contributed by atoms with van der Waals surface area (Å²) in [6, 6.07) is 27.1. The van der Waals surface area contributed by atoms with Gasteiger partial charge in [0.05, 0.1) is 31.3 Å². The van der Waals surface area contributed by atoms with Crippen molar-refractivity contribution in [2.24, 2.45) is 30.7 Å². The molecule has 0 fully saturated rings. The van der Waals surface area contributed by atoms with Crippen molar-refractivity contribution in [3.63, 3.8) is 0 Å². The molecular formula is C42H35N7O12S3. The van der Waals surface area contributed by atoms with Crippen molar-refractivity contribution in [1.29, 1.82) is 0 Å². The Bertz CT molecular complexity index is 3460. The van der Waals surface area contributed by atoms with Crippen LogP contribution in [0.25, 0.3) is 21.5 Å². The summed E-state index contributed by atoms with van der Waals surface area (Å²) in [5, 5.41) is 39.8. The van der Waals surface area contributed by atoms with Crippen LogP contribution < -0.4 is 14.8 Å². The Kier molecular flexibility index (Phi) is 12.3. The number of ether oxygens (including phenoxy) is 2. The van der Waals surface area contributed by atoms with Crippen molar-refractivity contribution in [3.8, 4) is 17.2 Å². The Labute approximate surface area is 365 Å². The second-order valence-corrected chi connectivity index (χ2v) is 18.1. The predicted molar refractivity (Wildman–Crippen MR) is 237 cm³/mol. The van der Waals surface area contributed by atoms with Gasteiger partial charge in [-0.3, -0.25) is 13.7 Å². The highest BCUT2D eigenvalue weighted by atomic mass is 32.2. The van der Waals surface area contributed by atoms with Crippen LogP contribution in [0, 0.1) is 13.8 Å². The molecule has 0 spiro atoms. The molecule has 0 atom stereocenters. The number of azo groups is 3. The molecule has 19 nitrogen and oxygen atoms in total. The molecule has 7 aromatic rings. The van der Waals surface area contributed by atoms with Crippen LogP contribution in [0.4, 0.5) is 45.5 Å². The van der Waals surface area contributed by atoms with E-state index in [4.69, 9.17) is 9.47 Å². The SMILES string of the molecule is COc1cc(N=Nc2cc(S(=O)(=O)O)c3cccc(S(=O)(=O)O)c3c2)c(C)cc1N=Nc1cc(OC)c(N=Nc2c(S(=O)(=O)O)cc3cc(Nc4ccccc4)ccc3c2O)cc1C. The summed E-state index contributed by atoms with van der Waals surface area (Å²) >= 11 is 0. The van der Waals surface area contributed by atoms with Crippen LogP contribution in [0.15, 0.2) is 155 Å². The van der Waals surface area contributed by atoms with Crippen molar-refractivity contribution >= 4 is 97.4 Å². The number of methoxy groups -OCH3 is 2. The maximum absolute atomic E-state index is 12.6. The first-order valence-corrected chi connectivity index (χ1v) is 22.8. The maximum atomic E-state index is 12.6. The van der Waals surface area contributed by atoms with E-state index in [1.54, 1.807) is 38.1 Å². The highest BCUT2D eigenvalue weighted by Gasteiger charge is 2.24. The Morgan fingerprint density at radius 3 is 1.62 bits per heavy atom. The van der Waals surface area contributed by atoms with Gasteiger partial charge in [0.15, 0.2) is 5.75 Å². The summed E-state index contributed by atoms with van der Waals surface area (Å²) in [6.45, 7) is 3.36. The zero-order chi connectivity index (χ0) is 46.1. The van der Waals surface area contributed by atoms with E-state index in [2.05, 4.69) is 36.0 Å². The fraction of sp³-hybridized carbons (Fsp3) is 0.0952. The predicted octanol–water partition coefficient (Wildman–Crippen LogP) is 11.1. The number of hydrogen-bond donors (Lipinski definition) is 5. The fourth-order valence-electron chi connectivity index (χ4n) is 6.56. The molecule has 328 valence electrons. The van der Waals surface area contributed by atoms with Gasteiger partial charge in [-0.2, -0.15) is 40.6 Å². The van der Waals surface area contributed by atoms with E-state index in [-0.39, 0.29) is 50.4 Å². The van der Waals surface area contributed by atoms with E-state index in [9.17, 15) is 44.0 Å². The number of nitrogens with zero attached hydrogens (tertiary/aromatic N) is 6. The summed E-state index contributed by atoms with van der Waals surface area (Å²) < 4.78 is 115. The molecule has 0 bridgehead atoms. The van der Waals surface area contributed by atoms with Crippen molar-refractivity contribution in [2.45, 2.75) is 28.5 Å². The lowest BCUT2D eigenvalue weighted by atomic mass is 10.1. The number of nitrogens with one attached hydrogen (secondary N) is 1. The quantitative estimate of drug-likeness (QED) is 0.0532. The average molecular weight is 926 g/mol. The molecule has 0 saturated carbocycles.